The Kier molecular flexibility index (Phi) is 3.99. The van der Waals surface area contributed by atoms with Crippen LogP contribution < -0.4 is 10.1 Å². The lowest BCUT2D eigenvalue weighted by Crippen LogP contribution is -2.24. The third-order valence-corrected chi connectivity index (χ3v) is 2.87. The molecule has 1 aliphatic rings. The van der Waals surface area contributed by atoms with Gasteiger partial charge in [0.1, 0.15) is 0 Å². The van der Waals surface area contributed by atoms with E-state index in [1.54, 1.807) is 0 Å². The van der Waals surface area contributed by atoms with Crippen LogP contribution in [0.15, 0.2) is 12.1 Å². The highest BCUT2D eigenvalue weighted by Crippen LogP contribution is 2.25. The topological polar surface area (TPSA) is 58.6 Å². The second-order valence-corrected chi connectivity index (χ2v) is 4.64. The van der Waals surface area contributed by atoms with Crippen molar-refractivity contribution in [2.24, 2.45) is 0 Å². The van der Waals surface area contributed by atoms with Crippen LogP contribution in [0.4, 0.5) is 8.78 Å². The van der Waals surface area contributed by atoms with E-state index in [4.69, 9.17) is 9.84 Å². The molecule has 0 radical (unpaired) electrons. The molecule has 0 amide bonds. The molecule has 0 spiro atoms. The summed E-state index contributed by atoms with van der Waals surface area (Å²) in [6.07, 6.45) is 0.865. The van der Waals surface area contributed by atoms with Gasteiger partial charge >= 0.3 is 5.97 Å². The fourth-order valence-electron chi connectivity index (χ4n) is 1.60. The van der Waals surface area contributed by atoms with Gasteiger partial charge in [-0.3, -0.25) is 0 Å². The van der Waals surface area contributed by atoms with Gasteiger partial charge in [0.2, 0.25) is 0 Å². The standard InChI is InChI=1S/C13H15F2NO3/c1-7(13(17)18)19-12-10(14)4-8(5-11(12)15)6-16-9-2-3-9/h4-5,7,9,16H,2-3,6H2,1H3,(H,17,18). The van der Waals surface area contributed by atoms with E-state index in [1.807, 2.05) is 0 Å². The molecule has 104 valence electrons. The molecule has 0 bridgehead atoms. The maximum atomic E-state index is 13.7. The van der Waals surface area contributed by atoms with Crippen molar-refractivity contribution >= 4 is 5.97 Å². The van der Waals surface area contributed by atoms with Crippen molar-refractivity contribution in [1.82, 2.24) is 5.32 Å². The minimum Gasteiger partial charge on any atom is -0.479 e. The lowest BCUT2D eigenvalue weighted by molar-refractivity contribution is -0.144. The van der Waals surface area contributed by atoms with Crippen molar-refractivity contribution < 1.29 is 23.4 Å². The van der Waals surface area contributed by atoms with E-state index in [2.05, 4.69) is 5.32 Å². The minimum absolute atomic E-state index is 0.382. The molecule has 1 aromatic rings. The predicted octanol–water partition coefficient (Wildman–Crippen LogP) is 2.07. The normalized spacial score (nSPS) is 16.2. The molecule has 0 aliphatic heterocycles. The number of aliphatic carboxylic acids is 1. The van der Waals surface area contributed by atoms with Crippen LogP contribution in [0.1, 0.15) is 25.3 Å². The Hall–Kier alpha value is -1.69. The van der Waals surface area contributed by atoms with Gasteiger partial charge in [-0.1, -0.05) is 0 Å². The van der Waals surface area contributed by atoms with Gasteiger partial charge in [-0.05, 0) is 37.5 Å². The first-order valence-electron chi connectivity index (χ1n) is 6.08. The number of carbonyl (C=O) groups is 1. The molecule has 0 aromatic heterocycles. The Bertz CT molecular complexity index is 466. The molecule has 1 fully saturated rings. The predicted molar refractivity (Wildman–Crippen MR) is 63.9 cm³/mol. The van der Waals surface area contributed by atoms with E-state index in [9.17, 15) is 13.6 Å². The Labute approximate surface area is 109 Å². The molecular weight excluding hydrogens is 256 g/mol. The smallest absolute Gasteiger partial charge is 0.344 e. The lowest BCUT2D eigenvalue weighted by Gasteiger charge is -2.13. The van der Waals surface area contributed by atoms with Gasteiger partial charge in [0.15, 0.2) is 23.5 Å². The van der Waals surface area contributed by atoms with Gasteiger partial charge in [0.25, 0.3) is 0 Å². The zero-order chi connectivity index (χ0) is 14.0. The number of nitrogens with one attached hydrogen (secondary N) is 1. The zero-order valence-corrected chi connectivity index (χ0v) is 10.5. The number of halogens is 2. The highest BCUT2D eigenvalue weighted by Gasteiger charge is 2.22. The number of hydrogen-bond acceptors (Lipinski definition) is 3. The second kappa shape index (κ2) is 5.52. The van der Waals surface area contributed by atoms with Gasteiger partial charge in [0, 0.05) is 12.6 Å². The molecular formula is C13H15F2NO3. The number of carboxylic acid groups (broad SMARTS) is 1. The molecule has 1 saturated carbocycles. The van der Waals surface area contributed by atoms with Gasteiger partial charge in [-0.25, -0.2) is 13.6 Å². The minimum atomic E-state index is -1.31. The largest absolute Gasteiger partial charge is 0.479 e. The van der Waals surface area contributed by atoms with Crippen LogP contribution in [-0.2, 0) is 11.3 Å². The van der Waals surface area contributed by atoms with Crippen LogP contribution in [-0.4, -0.2) is 23.2 Å². The SMILES string of the molecule is CC(Oc1c(F)cc(CNC2CC2)cc1F)C(=O)O. The van der Waals surface area contributed by atoms with Crippen LogP contribution in [0.3, 0.4) is 0 Å². The third-order valence-electron chi connectivity index (χ3n) is 2.87. The first-order chi connectivity index (χ1) is 8.97. The first-order valence-corrected chi connectivity index (χ1v) is 6.08. The maximum absolute atomic E-state index is 13.7. The Morgan fingerprint density at radius 2 is 2.05 bits per heavy atom. The fraction of sp³-hybridized carbons (Fsp3) is 0.462. The molecule has 1 aromatic carbocycles. The quantitative estimate of drug-likeness (QED) is 0.831. The van der Waals surface area contributed by atoms with Crippen molar-refractivity contribution in [1.29, 1.82) is 0 Å². The molecule has 1 atom stereocenters. The molecule has 0 saturated heterocycles. The third kappa shape index (κ3) is 3.64. The molecule has 6 heteroatoms. The Morgan fingerprint density at radius 3 is 2.53 bits per heavy atom. The number of benzene rings is 1. The molecule has 1 unspecified atom stereocenters. The van der Waals surface area contributed by atoms with Gasteiger partial charge < -0.3 is 15.2 Å². The highest BCUT2D eigenvalue weighted by molar-refractivity contribution is 5.72. The molecule has 1 aliphatic carbocycles. The lowest BCUT2D eigenvalue weighted by atomic mass is 10.2. The summed E-state index contributed by atoms with van der Waals surface area (Å²) in [6.45, 7) is 1.59. The molecule has 19 heavy (non-hydrogen) atoms. The summed E-state index contributed by atoms with van der Waals surface area (Å²) in [7, 11) is 0. The number of ether oxygens (including phenoxy) is 1. The van der Waals surface area contributed by atoms with E-state index in [-0.39, 0.29) is 0 Å². The van der Waals surface area contributed by atoms with Crippen LogP contribution in [0.2, 0.25) is 0 Å². The van der Waals surface area contributed by atoms with E-state index in [0.29, 0.717) is 18.2 Å². The van der Waals surface area contributed by atoms with Gasteiger partial charge in [0.05, 0.1) is 0 Å². The maximum Gasteiger partial charge on any atom is 0.344 e. The monoisotopic (exact) mass is 271 g/mol. The fourth-order valence-corrected chi connectivity index (χ4v) is 1.60. The summed E-state index contributed by atoms with van der Waals surface area (Å²) in [5, 5.41) is 11.8. The van der Waals surface area contributed by atoms with Crippen molar-refractivity contribution in [3.63, 3.8) is 0 Å². The highest BCUT2D eigenvalue weighted by atomic mass is 19.1. The van der Waals surface area contributed by atoms with Gasteiger partial charge in [-0.15, -0.1) is 0 Å². The van der Waals surface area contributed by atoms with Crippen LogP contribution in [0.5, 0.6) is 5.75 Å². The molecule has 4 nitrogen and oxygen atoms in total. The molecule has 0 heterocycles. The van der Waals surface area contributed by atoms with Crippen molar-refractivity contribution in [3.05, 3.63) is 29.3 Å². The van der Waals surface area contributed by atoms with Crippen molar-refractivity contribution in [2.75, 3.05) is 0 Å². The Balaban J connectivity index is 2.09. The van der Waals surface area contributed by atoms with Crippen LogP contribution in [0.25, 0.3) is 0 Å². The first kappa shape index (κ1) is 13.7. The average Bonchev–Trinajstić information content (AvgIpc) is 3.14. The summed E-state index contributed by atoms with van der Waals surface area (Å²) < 4.78 is 32.1. The summed E-state index contributed by atoms with van der Waals surface area (Å²) in [6, 6.07) is 2.75. The van der Waals surface area contributed by atoms with E-state index >= 15 is 0 Å². The van der Waals surface area contributed by atoms with Gasteiger partial charge in [-0.2, -0.15) is 0 Å². The number of hydrogen-bond donors (Lipinski definition) is 2. The van der Waals surface area contributed by atoms with E-state index in [0.717, 1.165) is 25.0 Å². The van der Waals surface area contributed by atoms with E-state index < -0.39 is 29.5 Å². The van der Waals surface area contributed by atoms with E-state index in [1.165, 1.54) is 6.92 Å². The second-order valence-electron chi connectivity index (χ2n) is 4.64. The number of rotatable bonds is 6. The molecule has 2 N–H and O–H groups in total. The van der Waals surface area contributed by atoms with Crippen LogP contribution >= 0.6 is 0 Å². The summed E-state index contributed by atoms with van der Waals surface area (Å²) in [4.78, 5) is 10.6. The van der Waals surface area contributed by atoms with Crippen molar-refractivity contribution in [3.8, 4) is 5.75 Å². The number of carboxylic acids is 1. The summed E-state index contributed by atoms with van der Waals surface area (Å²) >= 11 is 0. The Morgan fingerprint density at radius 1 is 1.47 bits per heavy atom. The summed E-state index contributed by atoms with van der Waals surface area (Å²) in [5.74, 6) is -3.70. The van der Waals surface area contributed by atoms with Crippen LogP contribution in [0, 0.1) is 11.6 Å². The van der Waals surface area contributed by atoms with Crippen molar-refractivity contribution in [2.45, 2.75) is 38.5 Å². The zero-order valence-electron chi connectivity index (χ0n) is 10.5. The summed E-state index contributed by atoms with van der Waals surface area (Å²) in [5.41, 5.74) is 0.470. The average molecular weight is 271 g/mol. The molecule has 2 rings (SSSR count).